The summed E-state index contributed by atoms with van der Waals surface area (Å²) in [7, 11) is 0. The number of benzene rings is 1. The molecule has 5 rings (SSSR count). The number of hydrogen-bond acceptors (Lipinski definition) is 9. The number of hydrogen-bond donors (Lipinski definition) is 2. The van der Waals surface area contributed by atoms with Crippen LogP contribution in [0.2, 0.25) is 0 Å². The van der Waals surface area contributed by atoms with Crippen LogP contribution in [0.1, 0.15) is 46.3 Å². The maximum atomic E-state index is 12.3. The normalized spacial score (nSPS) is 13.8. The van der Waals surface area contributed by atoms with Gasteiger partial charge in [0, 0.05) is 10.8 Å². The molecule has 4 aromatic rings. The maximum absolute atomic E-state index is 12.3. The summed E-state index contributed by atoms with van der Waals surface area (Å²) in [5.74, 6) is 4.72. The molecule has 0 saturated heterocycles. The number of carboxylic acid groups (broad SMARTS) is 1. The lowest BCUT2D eigenvalue weighted by Gasteiger charge is -2.08. The first-order chi connectivity index (χ1) is 16.4. The van der Waals surface area contributed by atoms with E-state index in [4.69, 9.17) is 13.6 Å². The Hall–Kier alpha value is -4.17. The number of nitrogens with one attached hydrogen (secondary N) is 1. The average molecular weight is 478 g/mol. The molecule has 11 heteroatoms. The summed E-state index contributed by atoms with van der Waals surface area (Å²) < 4.78 is 20.5. The van der Waals surface area contributed by atoms with E-state index in [-0.39, 0.29) is 29.8 Å². The third-order valence-corrected chi connectivity index (χ3v) is 6.29. The molecule has 0 unspecified atom stereocenters. The lowest BCUT2D eigenvalue weighted by atomic mass is 10.1. The number of anilines is 1. The molecule has 1 saturated carbocycles. The number of carbonyl (C=O) groups excluding carboxylic acids is 1. The van der Waals surface area contributed by atoms with Crippen LogP contribution in [-0.2, 0) is 21.6 Å². The van der Waals surface area contributed by atoms with Gasteiger partial charge in [-0.25, -0.2) is 4.79 Å². The standard InChI is InChI=1S/C23H18N4O6S/c1-12-5-3-4-6-14(12)11-31-22(30)25-17-13(2)34-27-15(17)7-8-16-24-18-19(32-16)33-20(26-18)23(9-10-23)21(28)29/h3-6H,9-11H2,1-2H3,(H,25,30)(H,28,29). The molecular formula is C23H18N4O6S. The molecule has 1 aliphatic carbocycles. The molecule has 0 bridgehead atoms. The van der Waals surface area contributed by atoms with Gasteiger partial charge in [-0.3, -0.25) is 10.1 Å². The number of rotatable bonds is 5. The minimum atomic E-state index is -1.08. The van der Waals surface area contributed by atoms with E-state index in [1.165, 1.54) is 11.5 Å². The largest absolute Gasteiger partial charge is 0.480 e. The van der Waals surface area contributed by atoms with Crippen molar-refractivity contribution in [3.05, 3.63) is 57.7 Å². The molecule has 34 heavy (non-hydrogen) atoms. The second-order valence-corrected chi connectivity index (χ2v) is 8.85. The predicted molar refractivity (Wildman–Crippen MR) is 120 cm³/mol. The maximum Gasteiger partial charge on any atom is 0.412 e. The number of nitrogens with zero attached hydrogens (tertiary/aromatic N) is 3. The third kappa shape index (κ3) is 3.99. The molecule has 0 atom stereocenters. The summed E-state index contributed by atoms with van der Waals surface area (Å²) in [5.41, 5.74) is 1.80. The van der Waals surface area contributed by atoms with E-state index in [0.29, 0.717) is 24.2 Å². The van der Waals surface area contributed by atoms with E-state index in [2.05, 4.69) is 31.5 Å². The van der Waals surface area contributed by atoms with Gasteiger partial charge in [0.2, 0.25) is 11.5 Å². The van der Waals surface area contributed by atoms with Gasteiger partial charge in [0.15, 0.2) is 5.69 Å². The molecule has 3 heterocycles. The summed E-state index contributed by atoms with van der Waals surface area (Å²) in [6, 6.07) is 7.65. The Labute approximate surface area is 197 Å². The Morgan fingerprint density at radius 1 is 1.21 bits per heavy atom. The second-order valence-electron chi connectivity index (χ2n) is 7.88. The van der Waals surface area contributed by atoms with Gasteiger partial charge in [0.1, 0.15) is 12.0 Å². The van der Waals surface area contributed by atoms with Crippen molar-refractivity contribution < 1.29 is 28.3 Å². The summed E-state index contributed by atoms with van der Waals surface area (Å²) in [6.07, 6.45) is 0.307. The van der Waals surface area contributed by atoms with Gasteiger partial charge >= 0.3 is 17.8 Å². The van der Waals surface area contributed by atoms with Gasteiger partial charge in [0.25, 0.3) is 5.89 Å². The van der Waals surface area contributed by atoms with E-state index >= 15 is 0 Å². The Kier molecular flexibility index (Phi) is 5.30. The molecule has 0 radical (unpaired) electrons. The van der Waals surface area contributed by atoms with Gasteiger partial charge in [-0.1, -0.05) is 24.3 Å². The van der Waals surface area contributed by atoms with Crippen molar-refractivity contribution in [1.82, 2.24) is 14.3 Å². The summed E-state index contributed by atoms with van der Waals surface area (Å²) in [4.78, 5) is 32.8. The molecule has 1 aliphatic rings. The lowest BCUT2D eigenvalue weighted by Crippen LogP contribution is -2.19. The van der Waals surface area contributed by atoms with Crippen LogP contribution in [0.5, 0.6) is 0 Å². The van der Waals surface area contributed by atoms with Crippen LogP contribution in [0.4, 0.5) is 10.5 Å². The lowest BCUT2D eigenvalue weighted by molar-refractivity contribution is -0.140. The summed E-state index contributed by atoms with van der Waals surface area (Å²) in [6.45, 7) is 3.90. The number of carbonyl (C=O) groups is 2. The minimum Gasteiger partial charge on any atom is -0.480 e. The molecular weight excluding hydrogens is 460 g/mol. The summed E-state index contributed by atoms with van der Waals surface area (Å²) in [5, 5.41) is 12.1. The smallest absolute Gasteiger partial charge is 0.412 e. The number of amides is 1. The van der Waals surface area contributed by atoms with Crippen LogP contribution in [0.3, 0.4) is 0 Å². The zero-order valence-corrected chi connectivity index (χ0v) is 19.0. The van der Waals surface area contributed by atoms with Gasteiger partial charge in [-0.15, -0.1) is 0 Å². The molecule has 2 N–H and O–H groups in total. The Bertz CT molecular complexity index is 1450. The topological polar surface area (TPSA) is 141 Å². The molecule has 1 fully saturated rings. The highest BCUT2D eigenvalue weighted by Gasteiger charge is 2.56. The Morgan fingerprint density at radius 3 is 2.71 bits per heavy atom. The zero-order valence-electron chi connectivity index (χ0n) is 18.2. The first kappa shape index (κ1) is 21.7. The first-order valence-corrected chi connectivity index (χ1v) is 11.1. The number of carboxylic acids is 1. The zero-order chi connectivity index (χ0) is 23.9. The van der Waals surface area contributed by atoms with Crippen LogP contribution in [-0.4, -0.2) is 31.5 Å². The van der Waals surface area contributed by atoms with E-state index in [1.54, 1.807) is 6.92 Å². The van der Waals surface area contributed by atoms with E-state index in [0.717, 1.165) is 16.0 Å². The average Bonchev–Trinajstić information content (AvgIpc) is 3.25. The first-order valence-electron chi connectivity index (χ1n) is 10.3. The van der Waals surface area contributed by atoms with Crippen LogP contribution in [0.15, 0.2) is 33.1 Å². The Balaban J connectivity index is 1.29. The highest BCUT2D eigenvalue weighted by atomic mass is 32.1. The molecule has 0 spiro atoms. The fourth-order valence-electron chi connectivity index (χ4n) is 3.32. The van der Waals surface area contributed by atoms with Crippen molar-refractivity contribution >= 4 is 40.7 Å². The number of oxazole rings is 2. The fourth-order valence-corrected chi connectivity index (χ4v) is 3.92. The van der Waals surface area contributed by atoms with Crippen LogP contribution >= 0.6 is 11.5 Å². The minimum absolute atomic E-state index is 0.0133. The quantitative estimate of drug-likeness (QED) is 0.405. The second kappa shape index (κ2) is 8.31. The number of aromatic nitrogens is 3. The number of aryl methyl sites for hydroxylation is 2. The highest BCUT2D eigenvalue weighted by molar-refractivity contribution is 7.06. The number of fused-ring (bicyclic) bond motifs is 1. The van der Waals surface area contributed by atoms with Gasteiger partial charge in [-0.05, 0) is 55.3 Å². The molecule has 3 aromatic heterocycles. The van der Waals surface area contributed by atoms with Gasteiger partial charge < -0.3 is 18.7 Å². The van der Waals surface area contributed by atoms with E-state index < -0.39 is 17.5 Å². The van der Waals surface area contributed by atoms with Gasteiger partial charge in [-0.2, -0.15) is 14.3 Å². The van der Waals surface area contributed by atoms with E-state index in [9.17, 15) is 14.7 Å². The SMILES string of the molecule is Cc1ccccc1COC(=O)Nc1c(C#Cc2nc3nc(C4(C(=O)O)CC4)oc3o2)nsc1C. The number of ether oxygens (including phenoxy) is 1. The van der Waals surface area contributed by atoms with Crippen molar-refractivity contribution in [1.29, 1.82) is 0 Å². The van der Waals surface area contributed by atoms with Crippen molar-refractivity contribution in [2.24, 2.45) is 0 Å². The van der Waals surface area contributed by atoms with Crippen molar-refractivity contribution in [2.45, 2.75) is 38.7 Å². The molecule has 1 aromatic carbocycles. The highest BCUT2D eigenvalue weighted by Crippen LogP contribution is 2.48. The van der Waals surface area contributed by atoms with Crippen molar-refractivity contribution in [2.75, 3.05) is 5.32 Å². The van der Waals surface area contributed by atoms with Crippen LogP contribution in [0.25, 0.3) is 11.4 Å². The van der Waals surface area contributed by atoms with Gasteiger partial charge in [0.05, 0.1) is 5.69 Å². The third-order valence-electron chi connectivity index (χ3n) is 5.54. The van der Waals surface area contributed by atoms with Crippen LogP contribution < -0.4 is 5.32 Å². The molecule has 1 amide bonds. The van der Waals surface area contributed by atoms with E-state index in [1.807, 2.05) is 31.2 Å². The molecule has 172 valence electrons. The molecule has 0 aliphatic heterocycles. The number of aliphatic carboxylic acids is 1. The summed E-state index contributed by atoms with van der Waals surface area (Å²) >= 11 is 1.19. The Morgan fingerprint density at radius 2 is 2.00 bits per heavy atom. The van der Waals surface area contributed by atoms with Crippen molar-refractivity contribution in [3.63, 3.8) is 0 Å². The molecule has 10 nitrogen and oxygen atoms in total. The predicted octanol–water partition coefficient (Wildman–Crippen LogP) is 4.15. The fraction of sp³-hybridized carbons (Fsp3) is 0.261. The van der Waals surface area contributed by atoms with Crippen molar-refractivity contribution in [3.8, 4) is 11.8 Å². The monoisotopic (exact) mass is 478 g/mol. The van der Waals surface area contributed by atoms with Crippen LogP contribution in [0, 0.1) is 25.7 Å².